The summed E-state index contributed by atoms with van der Waals surface area (Å²) in [6.45, 7) is 5.07. The number of tetrazole rings is 1. The third kappa shape index (κ3) is 6.03. The first-order chi connectivity index (χ1) is 18.5. The molecule has 1 atom stereocenters. The summed E-state index contributed by atoms with van der Waals surface area (Å²) < 4.78 is 18.5. The number of rotatable bonds is 11. The summed E-state index contributed by atoms with van der Waals surface area (Å²) in [5.41, 5.74) is 3.67. The maximum absolute atomic E-state index is 13.0. The van der Waals surface area contributed by atoms with E-state index in [9.17, 15) is 4.79 Å². The van der Waals surface area contributed by atoms with Gasteiger partial charge in [-0.05, 0) is 77.4 Å². The van der Waals surface area contributed by atoms with Gasteiger partial charge in [-0.1, -0.05) is 18.2 Å². The third-order valence-corrected chi connectivity index (χ3v) is 7.01. The molecule has 1 aliphatic rings. The fourth-order valence-corrected chi connectivity index (χ4v) is 4.92. The van der Waals surface area contributed by atoms with Gasteiger partial charge in [-0.15, -0.1) is 5.10 Å². The highest BCUT2D eigenvalue weighted by Crippen LogP contribution is 2.28. The lowest BCUT2D eigenvalue weighted by Gasteiger charge is -2.22. The minimum Gasteiger partial charge on any atom is -0.493 e. The Morgan fingerprint density at radius 3 is 2.76 bits per heavy atom. The second-order valence-corrected chi connectivity index (χ2v) is 9.78. The zero-order valence-corrected chi connectivity index (χ0v) is 22.1. The molecule has 10 nitrogen and oxygen atoms in total. The molecule has 0 unspecified atom stereocenters. The molecule has 0 radical (unpaired) electrons. The number of aromatic nitrogens is 5. The lowest BCUT2D eigenvalue weighted by molar-refractivity contribution is 0.0916. The number of H-pyrrole nitrogens is 1. The molecule has 1 saturated heterocycles. The Morgan fingerprint density at radius 2 is 1.97 bits per heavy atom. The van der Waals surface area contributed by atoms with Crippen LogP contribution in [0.3, 0.4) is 0 Å². The third-order valence-electron chi connectivity index (χ3n) is 7.01. The van der Waals surface area contributed by atoms with Crippen LogP contribution in [0.2, 0.25) is 0 Å². The number of pyridine rings is 1. The molecule has 0 spiro atoms. The van der Waals surface area contributed by atoms with Crippen LogP contribution in [-0.2, 0) is 30.8 Å². The van der Waals surface area contributed by atoms with E-state index in [1.807, 2.05) is 48.0 Å². The lowest BCUT2D eigenvalue weighted by Crippen LogP contribution is -2.30. The molecular weight excluding hydrogens is 484 g/mol. The van der Waals surface area contributed by atoms with E-state index in [0.29, 0.717) is 43.2 Å². The number of hydrogen-bond acceptors (Lipinski definition) is 8. The molecule has 5 rings (SSSR count). The molecule has 0 saturated carbocycles. The summed E-state index contributed by atoms with van der Waals surface area (Å²) >= 11 is 0. The van der Waals surface area contributed by atoms with Crippen LogP contribution in [0.1, 0.15) is 35.4 Å². The van der Waals surface area contributed by atoms with E-state index in [0.717, 1.165) is 53.7 Å². The Labute approximate surface area is 221 Å². The number of methoxy groups -OCH3 is 2. The van der Waals surface area contributed by atoms with Crippen molar-refractivity contribution in [3.05, 3.63) is 75.3 Å². The maximum Gasteiger partial charge on any atom is 0.252 e. The number of nitrogens with zero attached hydrogens (tertiary/aromatic N) is 5. The Balaban J connectivity index is 1.39. The van der Waals surface area contributed by atoms with Crippen LogP contribution in [0.4, 0.5) is 0 Å². The van der Waals surface area contributed by atoms with Crippen molar-refractivity contribution in [2.45, 2.75) is 51.9 Å². The van der Waals surface area contributed by atoms with E-state index >= 15 is 0 Å². The Hall–Kier alpha value is -3.76. The summed E-state index contributed by atoms with van der Waals surface area (Å²) in [6, 6.07) is 14.0. The molecule has 2 aromatic heterocycles. The first kappa shape index (κ1) is 25.9. The van der Waals surface area contributed by atoms with Gasteiger partial charge in [0.05, 0.1) is 33.4 Å². The molecular formula is C28H34N6O4. The standard InChI is InChI=1S/C28H34N6O4/c1-19-6-8-21-15-22(28(35)29-24(21)13-19)16-33(11-10-20-7-9-25(36-2)26(14-20)37-3)18-27-30-31-32-34(27)17-23-5-4-12-38-23/h6-9,13-15,23H,4-5,10-12,16-18H2,1-3H3,(H,29,35)/t23-/m0/s1. The Kier molecular flexibility index (Phi) is 8.00. The van der Waals surface area contributed by atoms with Crippen molar-refractivity contribution in [1.29, 1.82) is 0 Å². The van der Waals surface area contributed by atoms with Gasteiger partial charge < -0.3 is 19.2 Å². The minimum absolute atomic E-state index is 0.0850. The predicted molar refractivity (Wildman–Crippen MR) is 143 cm³/mol. The minimum atomic E-state index is -0.0850. The number of benzene rings is 2. The van der Waals surface area contributed by atoms with Gasteiger partial charge in [0.15, 0.2) is 17.3 Å². The topological polar surface area (TPSA) is 107 Å². The van der Waals surface area contributed by atoms with Gasteiger partial charge in [0.1, 0.15) is 0 Å². The number of ether oxygens (including phenoxy) is 3. The second kappa shape index (κ2) is 11.7. The van der Waals surface area contributed by atoms with Crippen LogP contribution in [0.5, 0.6) is 11.5 Å². The van der Waals surface area contributed by atoms with E-state index in [4.69, 9.17) is 14.2 Å². The quantitative estimate of drug-likeness (QED) is 0.322. The van der Waals surface area contributed by atoms with Gasteiger partial charge in [0, 0.05) is 30.8 Å². The summed E-state index contributed by atoms with van der Waals surface area (Å²) in [4.78, 5) is 18.3. The van der Waals surface area contributed by atoms with Gasteiger partial charge in [-0.2, -0.15) is 0 Å². The fraction of sp³-hybridized carbons (Fsp3) is 0.429. The van der Waals surface area contributed by atoms with Crippen molar-refractivity contribution >= 4 is 10.9 Å². The summed E-state index contributed by atoms with van der Waals surface area (Å²) in [5, 5.41) is 13.5. The average Bonchev–Trinajstić information content (AvgIpc) is 3.60. The Morgan fingerprint density at radius 1 is 1.11 bits per heavy atom. The number of hydrogen-bond donors (Lipinski definition) is 1. The highest BCUT2D eigenvalue weighted by atomic mass is 16.5. The molecule has 1 fully saturated rings. The molecule has 0 aliphatic carbocycles. The van der Waals surface area contributed by atoms with Crippen LogP contribution in [-0.4, -0.2) is 63.6 Å². The van der Waals surface area contributed by atoms with Crippen molar-refractivity contribution in [2.24, 2.45) is 0 Å². The molecule has 4 aromatic rings. The summed E-state index contributed by atoms with van der Waals surface area (Å²) in [6.07, 6.45) is 2.94. The van der Waals surface area contributed by atoms with Crippen molar-refractivity contribution < 1.29 is 14.2 Å². The first-order valence-corrected chi connectivity index (χ1v) is 12.9. The van der Waals surface area contributed by atoms with Crippen molar-refractivity contribution in [1.82, 2.24) is 30.1 Å². The van der Waals surface area contributed by atoms with E-state index < -0.39 is 0 Å². The number of nitrogens with one attached hydrogen (secondary N) is 1. The SMILES string of the molecule is COc1ccc(CCN(Cc2cc3ccc(C)cc3[nH]c2=O)Cc2nnnn2C[C@@H]2CCCO2)cc1OC. The van der Waals surface area contributed by atoms with Gasteiger partial charge in [-0.25, -0.2) is 4.68 Å². The van der Waals surface area contributed by atoms with E-state index in [1.165, 1.54) is 0 Å². The second-order valence-electron chi connectivity index (χ2n) is 9.78. The molecule has 0 amide bonds. The number of aromatic amines is 1. The largest absolute Gasteiger partial charge is 0.493 e. The van der Waals surface area contributed by atoms with Crippen LogP contribution >= 0.6 is 0 Å². The van der Waals surface area contributed by atoms with E-state index in [1.54, 1.807) is 14.2 Å². The van der Waals surface area contributed by atoms with Gasteiger partial charge in [-0.3, -0.25) is 9.69 Å². The molecule has 0 bridgehead atoms. The van der Waals surface area contributed by atoms with Crippen molar-refractivity contribution in [3.8, 4) is 11.5 Å². The molecule has 200 valence electrons. The lowest BCUT2D eigenvalue weighted by atomic mass is 10.1. The van der Waals surface area contributed by atoms with Gasteiger partial charge in [0.25, 0.3) is 5.56 Å². The molecule has 1 N–H and O–H groups in total. The normalized spacial score (nSPS) is 15.4. The van der Waals surface area contributed by atoms with Gasteiger partial charge >= 0.3 is 0 Å². The number of fused-ring (bicyclic) bond motifs is 1. The smallest absolute Gasteiger partial charge is 0.252 e. The molecule has 10 heteroatoms. The van der Waals surface area contributed by atoms with Crippen LogP contribution in [0.15, 0.2) is 47.3 Å². The molecule has 38 heavy (non-hydrogen) atoms. The zero-order chi connectivity index (χ0) is 26.5. The predicted octanol–water partition coefficient (Wildman–Crippen LogP) is 3.26. The van der Waals surface area contributed by atoms with E-state index in [2.05, 4.69) is 31.5 Å². The average molecular weight is 519 g/mol. The van der Waals surface area contributed by atoms with Crippen molar-refractivity contribution in [3.63, 3.8) is 0 Å². The van der Waals surface area contributed by atoms with Crippen LogP contribution < -0.4 is 15.0 Å². The fourth-order valence-electron chi connectivity index (χ4n) is 4.92. The first-order valence-electron chi connectivity index (χ1n) is 12.9. The molecule has 3 heterocycles. The highest BCUT2D eigenvalue weighted by Gasteiger charge is 2.21. The summed E-state index contributed by atoms with van der Waals surface area (Å²) in [5.74, 6) is 2.14. The van der Waals surface area contributed by atoms with Crippen LogP contribution in [0.25, 0.3) is 10.9 Å². The van der Waals surface area contributed by atoms with Crippen molar-refractivity contribution in [2.75, 3.05) is 27.4 Å². The molecule has 1 aliphatic heterocycles. The molecule has 2 aromatic carbocycles. The maximum atomic E-state index is 13.0. The zero-order valence-electron chi connectivity index (χ0n) is 22.1. The highest BCUT2D eigenvalue weighted by molar-refractivity contribution is 5.79. The van der Waals surface area contributed by atoms with E-state index in [-0.39, 0.29) is 11.7 Å². The monoisotopic (exact) mass is 518 g/mol. The van der Waals surface area contributed by atoms with Gasteiger partial charge in [0.2, 0.25) is 0 Å². The van der Waals surface area contributed by atoms with Crippen LogP contribution in [0, 0.1) is 6.92 Å². The number of aryl methyl sites for hydroxylation is 1. The summed E-state index contributed by atoms with van der Waals surface area (Å²) in [7, 11) is 3.26. The Bertz CT molecular complexity index is 1440.